The van der Waals surface area contributed by atoms with Gasteiger partial charge in [-0.05, 0) is 46.7 Å². The summed E-state index contributed by atoms with van der Waals surface area (Å²) in [5, 5.41) is 12.6. The van der Waals surface area contributed by atoms with Gasteiger partial charge in [0.2, 0.25) is 5.82 Å². The maximum Gasteiger partial charge on any atom is 0.204 e. The van der Waals surface area contributed by atoms with E-state index in [0.29, 0.717) is 11.7 Å². The lowest BCUT2D eigenvalue weighted by molar-refractivity contribution is -0.870. The lowest BCUT2D eigenvalue weighted by Gasteiger charge is -2.25. The molecule has 0 N–H and O–H groups in total. The van der Waals surface area contributed by atoms with Gasteiger partial charge in [-0.15, -0.1) is 10.2 Å². The zero-order valence-electron chi connectivity index (χ0n) is 21.4. The Bertz CT molecular complexity index is 1340. The van der Waals surface area contributed by atoms with Crippen LogP contribution in [0.2, 0.25) is 0 Å². The van der Waals surface area contributed by atoms with Crippen molar-refractivity contribution >= 4 is 0 Å². The van der Waals surface area contributed by atoms with Gasteiger partial charge < -0.3 is 4.48 Å². The first-order valence-corrected chi connectivity index (χ1v) is 12.4. The minimum Gasteiger partial charge on any atom is -0.331 e. The molecule has 7 heteroatoms. The van der Waals surface area contributed by atoms with Gasteiger partial charge in [-0.1, -0.05) is 49.4 Å². The Labute approximate surface area is 207 Å². The largest absolute Gasteiger partial charge is 0.331 e. The molecule has 0 fully saturated rings. The maximum absolute atomic E-state index is 5.18. The second-order valence-corrected chi connectivity index (χ2v) is 10.7. The fourth-order valence-electron chi connectivity index (χ4n) is 4.93. The number of aryl methyl sites for hydroxylation is 1. The summed E-state index contributed by atoms with van der Waals surface area (Å²) in [4.78, 5) is 11.7. The van der Waals surface area contributed by atoms with Crippen molar-refractivity contribution in [1.82, 2.24) is 30.2 Å². The van der Waals surface area contributed by atoms with Gasteiger partial charge in [-0.3, -0.25) is 0 Å². The van der Waals surface area contributed by atoms with Crippen molar-refractivity contribution in [3.63, 3.8) is 0 Å². The molecule has 0 radical (unpaired) electrons. The fraction of sp³-hybridized carbons (Fsp3) is 0.393. The van der Waals surface area contributed by atoms with Gasteiger partial charge in [0, 0.05) is 24.0 Å². The molecule has 1 aliphatic carbocycles. The predicted octanol–water partition coefficient (Wildman–Crippen LogP) is 4.42. The molecule has 0 bridgehead atoms. The van der Waals surface area contributed by atoms with Crippen LogP contribution in [-0.2, 0) is 19.9 Å². The summed E-state index contributed by atoms with van der Waals surface area (Å²) >= 11 is 0. The van der Waals surface area contributed by atoms with Crippen LogP contribution in [0.15, 0.2) is 48.5 Å². The molecule has 1 aliphatic rings. The van der Waals surface area contributed by atoms with Crippen LogP contribution in [0.5, 0.6) is 0 Å². The predicted molar refractivity (Wildman–Crippen MR) is 138 cm³/mol. The molecule has 35 heavy (non-hydrogen) atoms. The second kappa shape index (κ2) is 9.30. The molecule has 0 saturated carbocycles. The highest BCUT2D eigenvalue weighted by Crippen LogP contribution is 2.42. The molecule has 1 atom stereocenters. The zero-order valence-corrected chi connectivity index (χ0v) is 21.4. The van der Waals surface area contributed by atoms with Crippen molar-refractivity contribution in [3.8, 4) is 22.5 Å². The van der Waals surface area contributed by atoms with Crippen molar-refractivity contribution < 1.29 is 4.48 Å². The van der Waals surface area contributed by atoms with Crippen molar-refractivity contribution in [3.05, 3.63) is 76.9 Å². The van der Waals surface area contributed by atoms with Crippen LogP contribution in [0.3, 0.4) is 0 Å². The van der Waals surface area contributed by atoms with Gasteiger partial charge in [0.25, 0.3) is 0 Å². The summed E-state index contributed by atoms with van der Waals surface area (Å²) < 4.78 is 0.982. The van der Waals surface area contributed by atoms with Gasteiger partial charge in [0.1, 0.15) is 5.82 Å². The van der Waals surface area contributed by atoms with Crippen LogP contribution in [0, 0.1) is 0 Å². The maximum atomic E-state index is 5.18. The smallest absolute Gasteiger partial charge is 0.204 e. The molecule has 0 spiro atoms. The number of tetrazole rings is 1. The minimum atomic E-state index is 0.361. The van der Waals surface area contributed by atoms with Gasteiger partial charge >= 0.3 is 0 Å². The van der Waals surface area contributed by atoms with E-state index in [1.165, 1.54) is 39.2 Å². The molecule has 0 aliphatic heterocycles. The van der Waals surface area contributed by atoms with E-state index in [1.54, 1.807) is 7.05 Å². The first-order chi connectivity index (χ1) is 16.8. The number of hydrogen-bond acceptors (Lipinski definition) is 5. The summed E-state index contributed by atoms with van der Waals surface area (Å²) in [6.45, 7) is 3.47. The molecular weight excluding hydrogens is 434 g/mol. The molecule has 1 unspecified atom stereocenters. The highest BCUT2D eigenvalue weighted by molar-refractivity contribution is 5.80. The Morgan fingerprint density at radius 2 is 1.83 bits per heavy atom. The highest BCUT2D eigenvalue weighted by atomic mass is 15.6. The molecule has 5 rings (SSSR count). The van der Waals surface area contributed by atoms with E-state index in [0.717, 1.165) is 47.4 Å². The second-order valence-electron chi connectivity index (χ2n) is 10.7. The van der Waals surface area contributed by atoms with Gasteiger partial charge in [-0.2, -0.15) is 4.80 Å². The number of quaternary nitrogens is 1. The van der Waals surface area contributed by atoms with Crippen LogP contribution in [-0.4, -0.2) is 62.3 Å². The van der Waals surface area contributed by atoms with E-state index in [4.69, 9.17) is 9.97 Å². The number of rotatable bonds is 8. The molecule has 7 nitrogen and oxygen atoms in total. The van der Waals surface area contributed by atoms with E-state index in [2.05, 4.69) is 92.0 Å². The normalized spacial score (nSPS) is 13.5. The van der Waals surface area contributed by atoms with Crippen molar-refractivity contribution in [1.29, 1.82) is 0 Å². The lowest BCUT2D eigenvalue weighted by atomic mass is 9.93. The Balaban J connectivity index is 1.51. The van der Waals surface area contributed by atoms with Crippen molar-refractivity contribution in [2.75, 3.05) is 27.7 Å². The Hall–Kier alpha value is -3.45. The van der Waals surface area contributed by atoms with E-state index in [1.807, 2.05) is 0 Å². The molecule has 180 valence electrons. The summed E-state index contributed by atoms with van der Waals surface area (Å²) in [6, 6.07) is 17.0. The third-order valence-corrected chi connectivity index (χ3v) is 6.70. The first kappa shape index (κ1) is 23.3. The molecule has 4 aromatic rings. The van der Waals surface area contributed by atoms with Crippen LogP contribution in [0.4, 0.5) is 0 Å². The number of nitrogens with zero attached hydrogens (tertiary/aromatic N) is 7. The highest BCUT2D eigenvalue weighted by Gasteiger charge is 2.28. The Morgan fingerprint density at radius 1 is 1.03 bits per heavy atom. The van der Waals surface area contributed by atoms with Crippen LogP contribution < -0.4 is 0 Å². The van der Waals surface area contributed by atoms with Gasteiger partial charge in [-0.25, -0.2) is 9.97 Å². The minimum absolute atomic E-state index is 0.361. The van der Waals surface area contributed by atoms with E-state index in [9.17, 15) is 0 Å². The van der Waals surface area contributed by atoms with Gasteiger partial charge in [0.15, 0.2) is 0 Å². The average molecular weight is 469 g/mol. The zero-order chi connectivity index (χ0) is 24.6. The first-order valence-electron chi connectivity index (χ1n) is 12.4. The Morgan fingerprint density at radius 3 is 2.54 bits per heavy atom. The van der Waals surface area contributed by atoms with Crippen molar-refractivity contribution in [2.24, 2.45) is 7.05 Å². The van der Waals surface area contributed by atoms with E-state index in [-0.39, 0.29) is 0 Å². The van der Waals surface area contributed by atoms with Gasteiger partial charge in [0.05, 0.1) is 46.1 Å². The fourth-order valence-corrected chi connectivity index (χ4v) is 4.93. The molecule has 0 amide bonds. The van der Waals surface area contributed by atoms with E-state index >= 15 is 0 Å². The SMILES string of the molecule is CC(CCC[N+](C)(C)C)c1nc(Cc2ccccc2)nc2c1-c1ccc(-c3nnn(C)n3)cc1C2. The van der Waals surface area contributed by atoms with Crippen LogP contribution in [0.1, 0.15) is 54.0 Å². The summed E-state index contributed by atoms with van der Waals surface area (Å²) in [6.07, 6.45) is 3.84. The molecule has 2 heterocycles. The summed E-state index contributed by atoms with van der Waals surface area (Å²) in [5.74, 6) is 1.92. The molecular formula is C28H34N7+. The van der Waals surface area contributed by atoms with Crippen LogP contribution in [0.25, 0.3) is 22.5 Å². The van der Waals surface area contributed by atoms with Crippen LogP contribution >= 0.6 is 0 Å². The summed E-state index contributed by atoms with van der Waals surface area (Å²) in [7, 11) is 8.55. The molecule has 2 aromatic heterocycles. The standard InChI is InChI=1S/C28H34N7/c1-19(10-9-15-35(3,4)5)27-26-23-14-13-21(28-31-33-34(2)32-28)17-22(23)18-24(26)29-25(30-27)16-20-11-7-6-8-12-20/h6-8,11-14,17,19H,9-10,15-16,18H2,1-5H3/q+1. The van der Waals surface area contributed by atoms with Crippen molar-refractivity contribution in [2.45, 2.75) is 38.5 Å². The molecule has 2 aromatic carbocycles. The number of fused-ring (bicyclic) bond motifs is 3. The third kappa shape index (κ3) is 5.15. The lowest BCUT2D eigenvalue weighted by Crippen LogP contribution is -2.35. The number of hydrogen-bond donors (Lipinski definition) is 0. The number of benzene rings is 2. The number of aromatic nitrogens is 6. The Kier molecular flexibility index (Phi) is 6.19. The monoisotopic (exact) mass is 468 g/mol. The molecule has 0 saturated heterocycles. The summed E-state index contributed by atoms with van der Waals surface area (Å²) in [5.41, 5.74) is 8.28. The average Bonchev–Trinajstić information content (AvgIpc) is 3.41. The van der Waals surface area contributed by atoms with E-state index < -0.39 is 0 Å². The third-order valence-electron chi connectivity index (χ3n) is 6.70. The topological polar surface area (TPSA) is 69.4 Å². The quantitative estimate of drug-likeness (QED) is 0.315.